The molecule has 0 radical (unpaired) electrons. The Hall–Kier alpha value is -3.27. The number of ether oxygens (including phenoxy) is 1. The predicted octanol–water partition coefficient (Wildman–Crippen LogP) is 8.59. The van der Waals surface area contributed by atoms with Gasteiger partial charge in [0.2, 0.25) is 5.91 Å². The van der Waals surface area contributed by atoms with Gasteiger partial charge in [0.1, 0.15) is 17.1 Å². The van der Waals surface area contributed by atoms with E-state index in [1.807, 2.05) is 63.2 Å². The van der Waals surface area contributed by atoms with Crippen molar-refractivity contribution in [3.05, 3.63) is 93.6 Å². The number of carbonyl (C=O) groups is 1. The van der Waals surface area contributed by atoms with Crippen molar-refractivity contribution in [2.75, 3.05) is 0 Å². The fraction of sp³-hybridized carbons (Fsp3) is 0.457. The summed E-state index contributed by atoms with van der Waals surface area (Å²) < 4.78 is 6.50. The van der Waals surface area contributed by atoms with Gasteiger partial charge in [0, 0.05) is 17.7 Å². The quantitative estimate of drug-likeness (QED) is 0.214. The largest absolute Gasteiger partial charge is 0.508 e. The predicted molar refractivity (Wildman–Crippen MR) is 162 cm³/mol. The Labute approximate surface area is 235 Å². The van der Waals surface area contributed by atoms with Crippen LogP contribution < -0.4 is 10.1 Å². The zero-order valence-corrected chi connectivity index (χ0v) is 24.8. The molecular weight excluding hydrogens is 482 g/mol. The van der Waals surface area contributed by atoms with Crippen LogP contribution in [-0.2, 0) is 17.8 Å². The lowest BCUT2D eigenvalue weighted by atomic mass is 9.86. The minimum absolute atomic E-state index is 0.00230. The number of aromatic hydroxyl groups is 1. The third-order valence-corrected chi connectivity index (χ3v) is 7.92. The summed E-state index contributed by atoms with van der Waals surface area (Å²) in [6.07, 6.45) is 14.6. The van der Waals surface area contributed by atoms with E-state index in [1.54, 1.807) is 0 Å². The maximum absolute atomic E-state index is 12.3. The lowest BCUT2D eigenvalue weighted by Crippen LogP contribution is -2.36. The molecule has 4 nitrogen and oxygen atoms in total. The summed E-state index contributed by atoms with van der Waals surface area (Å²) >= 11 is 0. The number of amides is 1. The highest BCUT2D eigenvalue weighted by Gasteiger charge is 2.33. The summed E-state index contributed by atoms with van der Waals surface area (Å²) in [6.45, 7) is 13.1. The molecule has 2 aromatic carbocycles. The fourth-order valence-corrected chi connectivity index (χ4v) is 5.15. The van der Waals surface area contributed by atoms with Gasteiger partial charge >= 0.3 is 0 Å². The van der Waals surface area contributed by atoms with Crippen LogP contribution in [0.25, 0.3) is 0 Å². The number of nitrogens with one attached hydrogen (secondary N) is 1. The second-order valence-corrected chi connectivity index (χ2v) is 11.5. The molecule has 0 saturated heterocycles. The van der Waals surface area contributed by atoms with Crippen LogP contribution in [0.4, 0.5) is 0 Å². The summed E-state index contributed by atoms with van der Waals surface area (Å²) in [5, 5.41) is 13.1. The van der Waals surface area contributed by atoms with E-state index in [1.165, 1.54) is 11.1 Å². The van der Waals surface area contributed by atoms with Crippen LogP contribution in [0, 0.1) is 13.8 Å². The van der Waals surface area contributed by atoms with Gasteiger partial charge < -0.3 is 15.2 Å². The van der Waals surface area contributed by atoms with E-state index in [0.29, 0.717) is 12.3 Å². The van der Waals surface area contributed by atoms with E-state index in [9.17, 15) is 9.90 Å². The van der Waals surface area contributed by atoms with Crippen LogP contribution in [0.5, 0.6) is 11.5 Å². The number of allylic oxidation sites excluding steroid dienone is 5. The first kappa shape index (κ1) is 30.3. The third kappa shape index (κ3) is 9.16. The molecule has 3 rings (SSSR count). The number of aryl methyl sites for hydroxylation is 1. The molecule has 0 fully saturated rings. The average molecular weight is 530 g/mol. The van der Waals surface area contributed by atoms with Crippen molar-refractivity contribution >= 4 is 5.91 Å². The molecule has 0 spiro atoms. The number of carbonyl (C=O) groups excluding carboxylic acids is 1. The second-order valence-electron chi connectivity index (χ2n) is 11.5. The monoisotopic (exact) mass is 529 g/mol. The highest BCUT2D eigenvalue weighted by molar-refractivity contribution is 5.92. The van der Waals surface area contributed by atoms with Gasteiger partial charge in [-0.05, 0) is 116 Å². The molecule has 0 unspecified atom stereocenters. The van der Waals surface area contributed by atoms with Crippen molar-refractivity contribution in [1.29, 1.82) is 0 Å². The zero-order valence-electron chi connectivity index (χ0n) is 24.8. The maximum Gasteiger partial charge on any atom is 0.246 e. The molecule has 0 bridgehead atoms. The molecule has 0 saturated carbocycles. The Morgan fingerprint density at radius 3 is 2.33 bits per heavy atom. The van der Waals surface area contributed by atoms with Gasteiger partial charge in [-0.25, -0.2) is 0 Å². The van der Waals surface area contributed by atoms with Crippen molar-refractivity contribution in [2.24, 2.45) is 0 Å². The Morgan fingerprint density at radius 1 is 1.00 bits per heavy atom. The van der Waals surface area contributed by atoms with E-state index >= 15 is 0 Å². The average Bonchev–Trinajstić information content (AvgIpc) is 2.91. The molecule has 1 amide bonds. The first-order valence-corrected chi connectivity index (χ1v) is 14.4. The molecule has 210 valence electrons. The molecule has 1 aliphatic heterocycles. The van der Waals surface area contributed by atoms with Crippen molar-refractivity contribution < 1.29 is 14.6 Å². The summed E-state index contributed by atoms with van der Waals surface area (Å²) in [5.74, 6) is 1.34. The van der Waals surface area contributed by atoms with E-state index < -0.39 is 0 Å². The normalized spacial score (nSPS) is 17.9. The number of fused-ring (bicyclic) bond motifs is 1. The SMILES string of the molecule is C/C(=C\CC/C(C)=C/CC[C@]1(C)CCc2c(C)c(O)cc(C)c2O1)CC/C=C(\C)C(=O)NCc1ccccc1. The molecule has 0 aromatic heterocycles. The Balaban J connectivity index is 1.37. The highest BCUT2D eigenvalue weighted by atomic mass is 16.5. The first-order valence-electron chi connectivity index (χ1n) is 14.4. The summed E-state index contributed by atoms with van der Waals surface area (Å²) in [5.41, 5.74) is 7.64. The van der Waals surface area contributed by atoms with Crippen LogP contribution in [0.2, 0.25) is 0 Å². The van der Waals surface area contributed by atoms with Gasteiger partial charge in [0.05, 0.1) is 0 Å². The van der Waals surface area contributed by atoms with Crippen molar-refractivity contribution in [2.45, 2.75) is 105 Å². The minimum atomic E-state index is -0.168. The van der Waals surface area contributed by atoms with Crippen LogP contribution in [0.1, 0.15) is 94.9 Å². The summed E-state index contributed by atoms with van der Waals surface area (Å²) in [4.78, 5) is 12.3. The molecule has 39 heavy (non-hydrogen) atoms. The number of phenols is 1. The summed E-state index contributed by atoms with van der Waals surface area (Å²) in [6, 6.07) is 11.8. The Morgan fingerprint density at radius 2 is 1.64 bits per heavy atom. The molecule has 2 N–H and O–H groups in total. The van der Waals surface area contributed by atoms with Gasteiger partial charge in [0.25, 0.3) is 0 Å². The smallest absolute Gasteiger partial charge is 0.246 e. The van der Waals surface area contributed by atoms with Crippen LogP contribution in [-0.4, -0.2) is 16.6 Å². The van der Waals surface area contributed by atoms with Gasteiger partial charge in [-0.15, -0.1) is 0 Å². The number of hydrogen-bond acceptors (Lipinski definition) is 3. The topological polar surface area (TPSA) is 58.6 Å². The highest BCUT2D eigenvalue weighted by Crippen LogP contribution is 2.42. The molecule has 0 aliphatic carbocycles. The lowest BCUT2D eigenvalue weighted by molar-refractivity contribution is -0.117. The summed E-state index contributed by atoms with van der Waals surface area (Å²) in [7, 11) is 0. The molecular formula is C35H47NO3. The van der Waals surface area contributed by atoms with Gasteiger partial charge in [-0.2, -0.15) is 0 Å². The van der Waals surface area contributed by atoms with Crippen LogP contribution in [0.15, 0.2) is 71.3 Å². The minimum Gasteiger partial charge on any atom is -0.508 e. The van der Waals surface area contributed by atoms with Crippen LogP contribution in [0.3, 0.4) is 0 Å². The van der Waals surface area contributed by atoms with Gasteiger partial charge in [-0.1, -0.05) is 59.7 Å². The van der Waals surface area contributed by atoms with Crippen molar-refractivity contribution in [3.8, 4) is 11.5 Å². The zero-order chi connectivity index (χ0) is 28.4. The number of benzene rings is 2. The van der Waals surface area contributed by atoms with Gasteiger partial charge in [0.15, 0.2) is 0 Å². The molecule has 2 aromatic rings. The van der Waals surface area contributed by atoms with Crippen LogP contribution >= 0.6 is 0 Å². The molecule has 1 aliphatic rings. The van der Waals surface area contributed by atoms with E-state index in [4.69, 9.17) is 4.74 Å². The number of rotatable bonds is 12. The number of hydrogen-bond donors (Lipinski definition) is 2. The third-order valence-electron chi connectivity index (χ3n) is 7.92. The Bertz CT molecular complexity index is 1220. The maximum atomic E-state index is 12.3. The van der Waals surface area contributed by atoms with Crippen molar-refractivity contribution in [3.63, 3.8) is 0 Å². The number of phenolic OH excluding ortho intramolecular Hbond substituents is 1. The Kier molecular flexibility index (Phi) is 11.0. The first-order chi connectivity index (χ1) is 18.6. The molecule has 4 heteroatoms. The van der Waals surface area contributed by atoms with E-state index in [0.717, 1.165) is 84.9 Å². The fourth-order valence-electron chi connectivity index (χ4n) is 5.15. The standard InChI is InChI=1S/C35H47NO3/c1-25(15-11-17-27(3)34(38)36-24-30-18-8-7-9-19-30)13-10-14-26(2)16-12-21-35(6)22-20-31-29(5)32(37)23-28(4)33(31)39-35/h7-9,13,16-19,23,37H,10-12,14-15,20-22,24H2,1-6H3,(H,36,38)/b25-13+,26-16+,27-17+/t35-/m1/s1. The van der Waals surface area contributed by atoms with Gasteiger partial charge in [-0.3, -0.25) is 4.79 Å². The molecule has 1 atom stereocenters. The lowest BCUT2D eigenvalue weighted by Gasteiger charge is -2.37. The van der Waals surface area contributed by atoms with Crippen molar-refractivity contribution in [1.82, 2.24) is 5.32 Å². The van der Waals surface area contributed by atoms with E-state index in [-0.39, 0.29) is 11.5 Å². The second kappa shape index (κ2) is 14.2. The van der Waals surface area contributed by atoms with E-state index in [2.05, 4.69) is 38.2 Å². The molecule has 1 heterocycles.